The summed E-state index contributed by atoms with van der Waals surface area (Å²) in [4.78, 5) is 1.47. The fourth-order valence-corrected chi connectivity index (χ4v) is 3.14. The summed E-state index contributed by atoms with van der Waals surface area (Å²) in [6.07, 6.45) is 5.51. The van der Waals surface area contributed by atoms with E-state index in [0.29, 0.717) is 6.04 Å². The molecule has 0 amide bonds. The molecule has 15 heavy (non-hydrogen) atoms. The van der Waals surface area contributed by atoms with E-state index in [4.69, 9.17) is 0 Å². The Morgan fingerprint density at radius 1 is 1.33 bits per heavy atom. The van der Waals surface area contributed by atoms with E-state index in [1.807, 2.05) is 11.3 Å². The highest BCUT2D eigenvalue weighted by Gasteiger charge is 2.19. The molecule has 1 aliphatic rings. The van der Waals surface area contributed by atoms with Crippen molar-refractivity contribution in [3.05, 3.63) is 22.4 Å². The smallest absolute Gasteiger partial charge is 0.0388 e. The number of hydrogen-bond acceptors (Lipinski definition) is 2. The minimum absolute atomic E-state index is 0.531. The standard InChI is InChI=1S/C13H21NS/c1-10-5-7-12(8-6-10)14-11(2)13-4-3-9-15-13/h3-4,9-12,14H,5-8H2,1-2H3/t10?,11-,12?/m1/s1. The first-order chi connectivity index (χ1) is 7.25. The zero-order valence-corrected chi connectivity index (χ0v) is 10.5. The molecule has 0 bridgehead atoms. The van der Waals surface area contributed by atoms with Gasteiger partial charge in [-0.3, -0.25) is 0 Å². The molecule has 1 fully saturated rings. The molecule has 1 nitrogen and oxygen atoms in total. The second-order valence-corrected chi connectivity index (χ2v) is 5.84. The normalized spacial score (nSPS) is 28.9. The second kappa shape index (κ2) is 5.13. The molecule has 1 heterocycles. The maximum absolute atomic E-state index is 3.75. The van der Waals surface area contributed by atoms with Crippen LogP contribution in [-0.4, -0.2) is 6.04 Å². The van der Waals surface area contributed by atoms with Gasteiger partial charge in [0.1, 0.15) is 0 Å². The first-order valence-electron chi connectivity index (χ1n) is 6.05. The van der Waals surface area contributed by atoms with Gasteiger partial charge in [0.15, 0.2) is 0 Å². The van der Waals surface area contributed by atoms with Gasteiger partial charge in [-0.05, 0) is 50.0 Å². The largest absolute Gasteiger partial charge is 0.307 e. The fourth-order valence-electron chi connectivity index (χ4n) is 2.40. The molecule has 0 aliphatic heterocycles. The Morgan fingerprint density at radius 3 is 2.67 bits per heavy atom. The van der Waals surface area contributed by atoms with Gasteiger partial charge in [0.05, 0.1) is 0 Å². The topological polar surface area (TPSA) is 12.0 Å². The first kappa shape index (κ1) is 11.2. The molecule has 2 rings (SSSR count). The summed E-state index contributed by atoms with van der Waals surface area (Å²) in [5, 5.41) is 5.92. The van der Waals surface area contributed by atoms with E-state index in [1.54, 1.807) is 0 Å². The van der Waals surface area contributed by atoms with Crippen LogP contribution in [0.5, 0.6) is 0 Å². The number of rotatable bonds is 3. The zero-order chi connectivity index (χ0) is 10.7. The molecule has 1 aromatic heterocycles. The molecule has 2 heteroatoms. The molecule has 1 atom stereocenters. The summed E-state index contributed by atoms with van der Waals surface area (Å²) in [5.41, 5.74) is 0. The molecule has 0 unspecified atom stereocenters. The third kappa shape index (κ3) is 3.05. The van der Waals surface area contributed by atoms with E-state index < -0.39 is 0 Å². The lowest BCUT2D eigenvalue weighted by Crippen LogP contribution is -2.34. The highest BCUT2D eigenvalue weighted by molar-refractivity contribution is 7.10. The molecular weight excluding hydrogens is 202 g/mol. The summed E-state index contributed by atoms with van der Waals surface area (Å²) in [5.74, 6) is 0.945. The molecule has 84 valence electrons. The van der Waals surface area contributed by atoms with Crippen LogP contribution in [0, 0.1) is 5.92 Å². The van der Waals surface area contributed by atoms with Gasteiger partial charge in [-0.2, -0.15) is 0 Å². The van der Waals surface area contributed by atoms with Crippen LogP contribution in [0.3, 0.4) is 0 Å². The molecule has 1 saturated carbocycles. The minimum atomic E-state index is 0.531. The fraction of sp³-hybridized carbons (Fsp3) is 0.692. The Balaban J connectivity index is 1.82. The molecule has 0 aromatic carbocycles. The van der Waals surface area contributed by atoms with Crippen LogP contribution >= 0.6 is 11.3 Å². The molecule has 0 spiro atoms. The SMILES string of the molecule is CC1CCC(N[C@H](C)c2cccs2)CC1. The van der Waals surface area contributed by atoms with Crippen LogP contribution in [0.15, 0.2) is 17.5 Å². The van der Waals surface area contributed by atoms with Crippen molar-refractivity contribution < 1.29 is 0 Å². The molecular formula is C13H21NS. The summed E-state index contributed by atoms with van der Waals surface area (Å²) in [7, 11) is 0. The summed E-state index contributed by atoms with van der Waals surface area (Å²) in [6.45, 7) is 4.66. The number of hydrogen-bond donors (Lipinski definition) is 1. The van der Waals surface area contributed by atoms with Gasteiger partial charge in [-0.15, -0.1) is 11.3 Å². The van der Waals surface area contributed by atoms with Gasteiger partial charge in [0.2, 0.25) is 0 Å². The van der Waals surface area contributed by atoms with Gasteiger partial charge in [-0.25, -0.2) is 0 Å². The molecule has 1 aromatic rings. The van der Waals surface area contributed by atoms with Crippen LogP contribution in [0.2, 0.25) is 0 Å². The highest BCUT2D eigenvalue weighted by atomic mass is 32.1. The lowest BCUT2D eigenvalue weighted by Gasteiger charge is -2.29. The predicted molar refractivity (Wildman–Crippen MR) is 67.3 cm³/mol. The molecule has 0 radical (unpaired) electrons. The lowest BCUT2D eigenvalue weighted by molar-refractivity contribution is 0.292. The summed E-state index contributed by atoms with van der Waals surface area (Å²) in [6, 6.07) is 5.65. The average Bonchev–Trinajstić information content (AvgIpc) is 2.74. The van der Waals surface area contributed by atoms with Crippen LogP contribution in [0.4, 0.5) is 0 Å². The van der Waals surface area contributed by atoms with E-state index in [1.165, 1.54) is 30.6 Å². The van der Waals surface area contributed by atoms with E-state index >= 15 is 0 Å². The van der Waals surface area contributed by atoms with Gasteiger partial charge in [-0.1, -0.05) is 13.0 Å². The molecule has 0 saturated heterocycles. The number of thiophene rings is 1. The Kier molecular flexibility index (Phi) is 3.81. The van der Waals surface area contributed by atoms with E-state index in [0.717, 1.165) is 12.0 Å². The van der Waals surface area contributed by atoms with Gasteiger partial charge in [0.25, 0.3) is 0 Å². The van der Waals surface area contributed by atoms with Crippen molar-refractivity contribution >= 4 is 11.3 Å². The quantitative estimate of drug-likeness (QED) is 0.817. The second-order valence-electron chi connectivity index (χ2n) is 4.86. The van der Waals surface area contributed by atoms with E-state index in [9.17, 15) is 0 Å². The van der Waals surface area contributed by atoms with Crippen molar-refractivity contribution in [2.75, 3.05) is 0 Å². The highest BCUT2D eigenvalue weighted by Crippen LogP contribution is 2.26. The van der Waals surface area contributed by atoms with Crippen molar-refractivity contribution in [1.29, 1.82) is 0 Å². The van der Waals surface area contributed by atoms with E-state index in [2.05, 4.69) is 36.7 Å². The lowest BCUT2D eigenvalue weighted by atomic mass is 9.87. The zero-order valence-electron chi connectivity index (χ0n) is 9.70. The number of nitrogens with one attached hydrogen (secondary N) is 1. The van der Waals surface area contributed by atoms with Crippen LogP contribution < -0.4 is 5.32 Å². The summed E-state index contributed by atoms with van der Waals surface area (Å²) < 4.78 is 0. The Bertz CT molecular complexity index is 273. The Labute approximate surface area is 96.9 Å². The summed E-state index contributed by atoms with van der Waals surface area (Å²) >= 11 is 1.86. The third-order valence-electron chi connectivity index (χ3n) is 3.47. The average molecular weight is 223 g/mol. The maximum Gasteiger partial charge on any atom is 0.0388 e. The van der Waals surface area contributed by atoms with Crippen LogP contribution in [0.1, 0.15) is 50.4 Å². The van der Waals surface area contributed by atoms with Gasteiger partial charge >= 0.3 is 0 Å². The van der Waals surface area contributed by atoms with Crippen LogP contribution in [0.25, 0.3) is 0 Å². The van der Waals surface area contributed by atoms with Crippen molar-refractivity contribution in [3.8, 4) is 0 Å². The van der Waals surface area contributed by atoms with Crippen molar-refractivity contribution in [2.45, 2.75) is 51.6 Å². The van der Waals surface area contributed by atoms with Crippen molar-refractivity contribution in [1.82, 2.24) is 5.32 Å². The maximum atomic E-state index is 3.75. The Morgan fingerprint density at radius 2 is 2.07 bits per heavy atom. The molecule has 1 N–H and O–H groups in total. The first-order valence-corrected chi connectivity index (χ1v) is 6.93. The Hall–Kier alpha value is -0.340. The minimum Gasteiger partial charge on any atom is -0.307 e. The van der Waals surface area contributed by atoms with Gasteiger partial charge < -0.3 is 5.32 Å². The van der Waals surface area contributed by atoms with Crippen molar-refractivity contribution in [3.63, 3.8) is 0 Å². The monoisotopic (exact) mass is 223 g/mol. The van der Waals surface area contributed by atoms with Crippen LogP contribution in [-0.2, 0) is 0 Å². The van der Waals surface area contributed by atoms with E-state index in [-0.39, 0.29) is 0 Å². The third-order valence-corrected chi connectivity index (χ3v) is 4.53. The predicted octanol–water partition coefficient (Wildman–Crippen LogP) is 3.98. The molecule has 1 aliphatic carbocycles. The van der Waals surface area contributed by atoms with Gasteiger partial charge in [0, 0.05) is 17.0 Å². The van der Waals surface area contributed by atoms with Crippen molar-refractivity contribution in [2.24, 2.45) is 5.92 Å².